The number of hydrogen-bond acceptors (Lipinski definition) is 5. The minimum Gasteiger partial charge on any atom is -0.439 e. The molecule has 1 aliphatic rings. The van der Waals surface area contributed by atoms with Crippen LogP contribution in [-0.2, 0) is 6.54 Å². The van der Waals surface area contributed by atoms with Crippen LogP contribution in [0.1, 0.15) is 28.1 Å². The number of ether oxygens (including phenoxy) is 1. The van der Waals surface area contributed by atoms with Gasteiger partial charge in [0.15, 0.2) is 5.82 Å². The second-order valence-corrected chi connectivity index (χ2v) is 9.20. The van der Waals surface area contributed by atoms with Crippen LogP contribution >= 0.6 is 11.6 Å². The standard InChI is InChI=1S/C32H23ClN4O/c33-26-13-11-24(12-14-26)32-29-9-5-4-8-25(29)22-37(36-32)27-15-17-28(18-16-27)38-31-20-21-34-30(35-31)19-10-23-6-2-1-3-7-23/h1-21H,22H2/b19-10+. The van der Waals surface area contributed by atoms with Crippen molar-refractivity contribution in [3.05, 3.63) is 148 Å². The molecule has 0 spiro atoms. The number of fused-ring (bicyclic) bond motifs is 1. The van der Waals surface area contributed by atoms with E-state index in [1.165, 1.54) is 5.56 Å². The number of benzene rings is 4. The minimum absolute atomic E-state index is 0.482. The van der Waals surface area contributed by atoms with Gasteiger partial charge in [0.1, 0.15) is 5.75 Å². The van der Waals surface area contributed by atoms with E-state index in [2.05, 4.69) is 28.2 Å². The number of nitrogens with zero attached hydrogens (tertiary/aromatic N) is 4. The number of halogens is 1. The highest BCUT2D eigenvalue weighted by molar-refractivity contribution is 6.30. The van der Waals surface area contributed by atoms with E-state index >= 15 is 0 Å². The molecule has 2 heterocycles. The van der Waals surface area contributed by atoms with Gasteiger partial charge < -0.3 is 4.74 Å². The molecule has 0 saturated carbocycles. The molecule has 4 aromatic carbocycles. The van der Waals surface area contributed by atoms with Crippen LogP contribution in [0.25, 0.3) is 12.2 Å². The van der Waals surface area contributed by atoms with E-state index in [-0.39, 0.29) is 0 Å². The average Bonchev–Trinajstić information content (AvgIpc) is 2.97. The molecule has 0 atom stereocenters. The predicted octanol–water partition coefficient (Wildman–Crippen LogP) is 7.87. The first-order valence-electron chi connectivity index (χ1n) is 12.3. The van der Waals surface area contributed by atoms with Crippen LogP contribution in [0.2, 0.25) is 5.02 Å². The minimum atomic E-state index is 0.482. The first-order valence-corrected chi connectivity index (χ1v) is 12.6. The lowest BCUT2D eigenvalue weighted by Gasteiger charge is -2.28. The van der Waals surface area contributed by atoms with Gasteiger partial charge >= 0.3 is 0 Å². The van der Waals surface area contributed by atoms with Gasteiger partial charge in [-0.25, -0.2) is 4.98 Å². The maximum Gasteiger partial charge on any atom is 0.222 e. The van der Waals surface area contributed by atoms with Gasteiger partial charge in [-0.3, -0.25) is 5.01 Å². The Morgan fingerprint density at radius 1 is 0.763 bits per heavy atom. The first kappa shape index (κ1) is 23.6. The van der Waals surface area contributed by atoms with Crippen molar-refractivity contribution >= 4 is 35.2 Å². The Morgan fingerprint density at radius 3 is 2.34 bits per heavy atom. The highest BCUT2D eigenvalue weighted by Crippen LogP contribution is 2.30. The molecule has 0 amide bonds. The summed E-state index contributed by atoms with van der Waals surface area (Å²) >= 11 is 6.12. The molecule has 5 nitrogen and oxygen atoms in total. The summed E-state index contributed by atoms with van der Waals surface area (Å²) in [6.07, 6.45) is 5.54. The van der Waals surface area contributed by atoms with E-state index in [0.29, 0.717) is 29.0 Å². The number of rotatable bonds is 6. The van der Waals surface area contributed by atoms with Crippen LogP contribution in [0.4, 0.5) is 5.69 Å². The SMILES string of the molecule is Clc1ccc(C2=NN(c3ccc(Oc4ccnc(/C=C/c5ccccc5)n4)cc3)Cc3ccccc32)cc1. The smallest absolute Gasteiger partial charge is 0.222 e. The monoisotopic (exact) mass is 514 g/mol. The third kappa shape index (κ3) is 5.33. The first-order chi connectivity index (χ1) is 18.7. The normalized spacial score (nSPS) is 12.8. The maximum atomic E-state index is 6.12. The molecular weight excluding hydrogens is 492 g/mol. The third-order valence-electron chi connectivity index (χ3n) is 6.16. The van der Waals surface area contributed by atoms with E-state index in [4.69, 9.17) is 21.4 Å². The summed E-state index contributed by atoms with van der Waals surface area (Å²) in [5.41, 5.74) is 6.33. The number of hydrazone groups is 1. The van der Waals surface area contributed by atoms with Gasteiger partial charge in [0.25, 0.3) is 0 Å². The molecule has 0 radical (unpaired) electrons. The summed E-state index contributed by atoms with van der Waals surface area (Å²) in [6.45, 7) is 0.677. The topological polar surface area (TPSA) is 50.6 Å². The van der Waals surface area contributed by atoms with Crippen molar-refractivity contribution < 1.29 is 4.74 Å². The van der Waals surface area contributed by atoms with E-state index in [9.17, 15) is 0 Å². The molecule has 1 aliphatic heterocycles. The average molecular weight is 515 g/mol. The Hall–Kier alpha value is -4.74. The Morgan fingerprint density at radius 2 is 1.53 bits per heavy atom. The fourth-order valence-corrected chi connectivity index (χ4v) is 4.39. The summed E-state index contributed by atoms with van der Waals surface area (Å²) in [6, 6.07) is 35.8. The van der Waals surface area contributed by atoms with Crippen molar-refractivity contribution in [2.75, 3.05) is 5.01 Å². The molecule has 38 heavy (non-hydrogen) atoms. The third-order valence-corrected chi connectivity index (χ3v) is 6.41. The van der Waals surface area contributed by atoms with Gasteiger partial charge in [-0.15, -0.1) is 0 Å². The van der Waals surface area contributed by atoms with E-state index in [1.807, 2.05) is 102 Å². The summed E-state index contributed by atoms with van der Waals surface area (Å²) < 4.78 is 6.02. The van der Waals surface area contributed by atoms with Gasteiger partial charge in [-0.05, 0) is 53.6 Å². The van der Waals surface area contributed by atoms with Gasteiger partial charge in [-0.2, -0.15) is 10.1 Å². The maximum absolute atomic E-state index is 6.12. The zero-order valence-electron chi connectivity index (χ0n) is 20.4. The molecule has 0 N–H and O–H groups in total. The summed E-state index contributed by atoms with van der Waals surface area (Å²) in [5.74, 6) is 1.75. The molecule has 0 saturated heterocycles. The Labute approximate surface area is 226 Å². The van der Waals surface area contributed by atoms with E-state index in [1.54, 1.807) is 12.3 Å². The number of hydrogen-bond donors (Lipinski definition) is 0. The summed E-state index contributed by atoms with van der Waals surface area (Å²) in [7, 11) is 0. The van der Waals surface area contributed by atoms with Crippen LogP contribution in [0, 0.1) is 0 Å². The largest absolute Gasteiger partial charge is 0.439 e. The molecule has 0 unspecified atom stereocenters. The molecule has 184 valence electrons. The fourth-order valence-electron chi connectivity index (χ4n) is 4.27. The van der Waals surface area contributed by atoms with Crippen molar-refractivity contribution in [2.45, 2.75) is 6.54 Å². The van der Waals surface area contributed by atoms with Gasteiger partial charge in [0.2, 0.25) is 5.88 Å². The van der Waals surface area contributed by atoms with Crippen molar-refractivity contribution in [3.63, 3.8) is 0 Å². The van der Waals surface area contributed by atoms with Crippen molar-refractivity contribution in [1.82, 2.24) is 9.97 Å². The highest BCUT2D eigenvalue weighted by atomic mass is 35.5. The zero-order chi connectivity index (χ0) is 25.7. The molecule has 6 heteroatoms. The lowest BCUT2D eigenvalue weighted by atomic mass is 9.96. The van der Waals surface area contributed by atoms with Crippen molar-refractivity contribution in [1.29, 1.82) is 0 Å². The summed E-state index contributed by atoms with van der Waals surface area (Å²) in [4.78, 5) is 8.83. The van der Waals surface area contributed by atoms with Gasteiger partial charge in [-0.1, -0.05) is 84.4 Å². The summed E-state index contributed by atoms with van der Waals surface area (Å²) in [5, 5.41) is 7.71. The molecular formula is C32H23ClN4O. The lowest BCUT2D eigenvalue weighted by molar-refractivity contribution is 0.461. The Kier molecular flexibility index (Phi) is 6.66. The van der Waals surface area contributed by atoms with Crippen LogP contribution in [0.5, 0.6) is 11.6 Å². The molecule has 1 aromatic heterocycles. The highest BCUT2D eigenvalue weighted by Gasteiger charge is 2.21. The quantitative estimate of drug-likeness (QED) is 0.231. The van der Waals surface area contributed by atoms with Gasteiger partial charge in [0, 0.05) is 28.4 Å². The zero-order valence-corrected chi connectivity index (χ0v) is 21.2. The Balaban J connectivity index is 1.21. The van der Waals surface area contributed by atoms with E-state index < -0.39 is 0 Å². The van der Waals surface area contributed by atoms with Crippen molar-refractivity contribution in [3.8, 4) is 11.6 Å². The number of anilines is 1. The van der Waals surface area contributed by atoms with Crippen LogP contribution in [0.15, 0.2) is 120 Å². The fraction of sp³-hybridized carbons (Fsp3) is 0.0312. The predicted molar refractivity (Wildman–Crippen MR) is 154 cm³/mol. The van der Waals surface area contributed by atoms with Crippen LogP contribution in [-0.4, -0.2) is 15.7 Å². The lowest BCUT2D eigenvalue weighted by Crippen LogP contribution is -2.26. The van der Waals surface area contributed by atoms with Crippen LogP contribution < -0.4 is 9.75 Å². The second kappa shape index (κ2) is 10.7. The van der Waals surface area contributed by atoms with Crippen LogP contribution in [0.3, 0.4) is 0 Å². The molecule has 0 fully saturated rings. The van der Waals surface area contributed by atoms with Crippen molar-refractivity contribution in [2.24, 2.45) is 5.10 Å². The molecule has 6 rings (SSSR count). The van der Waals surface area contributed by atoms with Gasteiger partial charge in [0.05, 0.1) is 17.9 Å². The second-order valence-electron chi connectivity index (χ2n) is 8.76. The van der Waals surface area contributed by atoms with E-state index in [0.717, 1.165) is 28.1 Å². The molecule has 0 aliphatic carbocycles. The number of aromatic nitrogens is 2. The Bertz CT molecular complexity index is 1610. The molecule has 0 bridgehead atoms. The molecule has 5 aromatic rings.